The fraction of sp³-hybridized carbons (Fsp3) is 0.450. The third kappa shape index (κ3) is 4.19. The Morgan fingerprint density at radius 2 is 1.96 bits per heavy atom. The lowest BCUT2D eigenvalue weighted by Crippen LogP contribution is -2.45. The van der Waals surface area contributed by atoms with Crippen molar-refractivity contribution in [3.8, 4) is 0 Å². The van der Waals surface area contributed by atoms with E-state index in [2.05, 4.69) is 29.4 Å². The molecule has 1 aromatic carbocycles. The van der Waals surface area contributed by atoms with E-state index >= 15 is 0 Å². The molecule has 3 rings (SSSR count). The molecule has 6 heteroatoms. The number of amides is 1. The van der Waals surface area contributed by atoms with Gasteiger partial charge in [-0.1, -0.05) is 24.3 Å². The van der Waals surface area contributed by atoms with Gasteiger partial charge >= 0.3 is 0 Å². The van der Waals surface area contributed by atoms with Crippen molar-refractivity contribution in [1.82, 2.24) is 19.8 Å². The monoisotopic (exact) mass is 353 g/mol. The van der Waals surface area contributed by atoms with Crippen LogP contribution < -0.4 is 4.90 Å². The van der Waals surface area contributed by atoms with Crippen LogP contribution in [0.5, 0.6) is 0 Å². The van der Waals surface area contributed by atoms with Crippen molar-refractivity contribution in [3.05, 3.63) is 42.2 Å². The zero-order valence-electron chi connectivity index (χ0n) is 15.7. The minimum Gasteiger partial charge on any atom is -0.352 e. The second-order valence-electron chi connectivity index (χ2n) is 6.87. The van der Waals surface area contributed by atoms with Gasteiger partial charge in [0, 0.05) is 44.7 Å². The number of hydrogen-bond acceptors (Lipinski definition) is 5. The van der Waals surface area contributed by atoms with E-state index in [0.717, 1.165) is 73.8 Å². The Bertz CT molecular complexity index is 783. The quantitative estimate of drug-likeness (QED) is 0.565. The molecule has 1 aliphatic rings. The van der Waals surface area contributed by atoms with Crippen molar-refractivity contribution in [3.63, 3.8) is 0 Å². The summed E-state index contributed by atoms with van der Waals surface area (Å²) in [7, 11) is 0. The van der Waals surface area contributed by atoms with Crippen molar-refractivity contribution in [2.24, 2.45) is 0 Å². The number of fused-ring (bicyclic) bond motifs is 1. The summed E-state index contributed by atoms with van der Waals surface area (Å²) in [4.78, 5) is 26.9. The van der Waals surface area contributed by atoms with E-state index in [9.17, 15) is 4.79 Å². The summed E-state index contributed by atoms with van der Waals surface area (Å²) in [6.07, 6.45) is 0.929. The molecule has 1 saturated heterocycles. The van der Waals surface area contributed by atoms with Gasteiger partial charge in [-0.05, 0) is 26.0 Å². The van der Waals surface area contributed by atoms with Gasteiger partial charge in [-0.15, -0.1) is 0 Å². The Morgan fingerprint density at radius 3 is 2.62 bits per heavy atom. The fourth-order valence-corrected chi connectivity index (χ4v) is 3.31. The summed E-state index contributed by atoms with van der Waals surface area (Å²) < 4.78 is 0. The number of likely N-dealkylation sites (N-methyl/N-ethyl adjacent to an activating group) is 1. The summed E-state index contributed by atoms with van der Waals surface area (Å²) in [6, 6.07) is 8.17. The first-order chi connectivity index (χ1) is 12.6. The zero-order chi connectivity index (χ0) is 18.5. The third-order valence-electron chi connectivity index (χ3n) is 4.69. The Morgan fingerprint density at radius 1 is 1.23 bits per heavy atom. The van der Waals surface area contributed by atoms with E-state index in [-0.39, 0.29) is 0 Å². The smallest absolute Gasteiger partial charge is 0.209 e. The van der Waals surface area contributed by atoms with Crippen molar-refractivity contribution < 1.29 is 4.79 Å². The molecule has 1 aromatic heterocycles. The first-order valence-electron chi connectivity index (χ1n) is 9.17. The van der Waals surface area contributed by atoms with Crippen molar-refractivity contribution in [1.29, 1.82) is 0 Å². The van der Waals surface area contributed by atoms with Gasteiger partial charge in [0.05, 0.1) is 12.1 Å². The second-order valence-corrected chi connectivity index (χ2v) is 6.87. The molecule has 26 heavy (non-hydrogen) atoms. The predicted octanol–water partition coefficient (Wildman–Crippen LogP) is 2.31. The number of aromatic nitrogens is 2. The number of benzene rings is 1. The molecule has 2 heterocycles. The summed E-state index contributed by atoms with van der Waals surface area (Å²) in [5.41, 5.74) is 2.08. The number of anilines is 1. The highest BCUT2D eigenvalue weighted by Gasteiger charge is 2.19. The van der Waals surface area contributed by atoms with E-state index in [1.165, 1.54) is 0 Å². The highest BCUT2D eigenvalue weighted by atomic mass is 16.1. The molecule has 0 atom stereocenters. The van der Waals surface area contributed by atoms with Crippen LogP contribution in [0.2, 0.25) is 0 Å². The van der Waals surface area contributed by atoms with Gasteiger partial charge in [-0.2, -0.15) is 0 Å². The van der Waals surface area contributed by atoms with Crippen LogP contribution in [-0.2, 0) is 11.3 Å². The van der Waals surface area contributed by atoms with E-state index in [0.29, 0.717) is 6.54 Å². The van der Waals surface area contributed by atoms with Crippen LogP contribution in [0.4, 0.5) is 5.82 Å². The molecular weight excluding hydrogens is 326 g/mol. The Hall–Kier alpha value is -2.47. The van der Waals surface area contributed by atoms with Gasteiger partial charge in [0.1, 0.15) is 11.6 Å². The summed E-state index contributed by atoms with van der Waals surface area (Å²) >= 11 is 0. The maximum atomic E-state index is 10.9. The molecule has 6 nitrogen and oxygen atoms in total. The predicted molar refractivity (Wildman–Crippen MR) is 105 cm³/mol. The molecule has 0 N–H and O–H groups in total. The molecule has 0 bridgehead atoms. The van der Waals surface area contributed by atoms with Crippen LogP contribution in [0.15, 0.2) is 36.4 Å². The molecule has 1 fully saturated rings. The van der Waals surface area contributed by atoms with Crippen LogP contribution in [0.3, 0.4) is 0 Å². The molecule has 0 saturated carbocycles. The Labute approximate surface area is 155 Å². The van der Waals surface area contributed by atoms with E-state index in [1.54, 1.807) is 0 Å². The lowest BCUT2D eigenvalue weighted by molar-refractivity contribution is -0.119. The maximum Gasteiger partial charge on any atom is 0.209 e. The Balaban J connectivity index is 1.89. The normalized spacial score (nSPS) is 15.2. The molecule has 0 aliphatic carbocycles. The zero-order valence-corrected chi connectivity index (χ0v) is 15.7. The van der Waals surface area contributed by atoms with Gasteiger partial charge in [0.2, 0.25) is 6.41 Å². The Kier molecular flexibility index (Phi) is 5.83. The van der Waals surface area contributed by atoms with Crippen LogP contribution >= 0.6 is 0 Å². The summed E-state index contributed by atoms with van der Waals surface area (Å²) in [5, 5.41) is 1.07. The van der Waals surface area contributed by atoms with Crippen molar-refractivity contribution in [2.75, 3.05) is 44.2 Å². The third-order valence-corrected chi connectivity index (χ3v) is 4.69. The van der Waals surface area contributed by atoms with E-state index in [1.807, 2.05) is 30.0 Å². The minimum atomic E-state index is 0.704. The molecule has 1 aliphatic heterocycles. The molecule has 0 unspecified atom stereocenters. The van der Waals surface area contributed by atoms with E-state index < -0.39 is 0 Å². The van der Waals surface area contributed by atoms with Crippen LogP contribution in [0, 0.1) is 0 Å². The number of carbonyl (C=O) groups is 1. The average molecular weight is 353 g/mol. The average Bonchev–Trinajstić information content (AvgIpc) is 2.66. The lowest BCUT2D eigenvalue weighted by atomic mass is 10.2. The molecule has 2 aromatic rings. The first kappa shape index (κ1) is 18.3. The van der Waals surface area contributed by atoms with Gasteiger partial charge in [0.15, 0.2) is 0 Å². The summed E-state index contributed by atoms with van der Waals surface area (Å²) in [5.74, 6) is 1.81. The number of carbonyl (C=O) groups excluding carboxylic acids is 1. The standard InChI is InChI=1S/C20H27N5O/c1-4-25(13-16(2)3)20-17-7-5-6-8-18(17)21-19(22-20)14-23-9-11-24(15-26)12-10-23/h5-8,15H,2,4,9-14H2,1,3H3. The molecule has 1 amide bonds. The van der Waals surface area contributed by atoms with Gasteiger partial charge in [-0.25, -0.2) is 9.97 Å². The van der Waals surface area contributed by atoms with Crippen LogP contribution in [-0.4, -0.2) is 65.4 Å². The molecule has 0 radical (unpaired) electrons. The maximum absolute atomic E-state index is 10.9. The van der Waals surface area contributed by atoms with Crippen molar-refractivity contribution in [2.45, 2.75) is 20.4 Å². The number of para-hydroxylation sites is 1. The first-order valence-corrected chi connectivity index (χ1v) is 9.17. The molecule has 0 spiro atoms. The highest BCUT2D eigenvalue weighted by Crippen LogP contribution is 2.25. The van der Waals surface area contributed by atoms with Crippen LogP contribution in [0.1, 0.15) is 19.7 Å². The number of nitrogens with zero attached hydrogens (tertiary/aromatic N) is 5. The van der Waals surface area contributed by atoms with Gasteiger partial charge < -0.3 is 9.80 Å². The highest BCUT2D eigenvalue weighted by molar-refractivity contribution is 5.89. The van der Waals surface area contributed by atoms with Gasteiger partial charge in [0.25, 0.3) is 0 Å². The summed E-state index contributed by atoms with van der Waals surface area (Å²) in [6.45, 7) is 13.8. The number of hydrogen-bond donors (Lipinski definition) is 0. The number of piperazine rings is 1. The van der Waals surface area contributed by atoms with Gasteiger partial charge in [-0.3, -0.25) is 9.69 Å². The minimum absolute atomic E-state index is 0.704. The second kappa shape index (κ2) is 8.27. The lowest BCUT2D eigenvalue weighted by Gasteiger charge is -2.32. The number of rotatable bonds is 7. The fourth-order valence-electron chi connectivity index (χ4n) is 3.31. The van der Waals surface area contributed by atoms with Crippen LogP contribution in [0.25, 0.3) is 10.9 Å². The van der Waals surface area contributed by atoms with E-state index in [4.69, 9.17) is 9.97 Å². The largest absolute Gasteiger partial charge is 0.352 e. The SMILES string of the molecule is C=C(C)CN(CC)c1nc(CN2CCN(C=O)CC2)nc2ccccc12. The topological polar surface area (TPSA) is 52.6 Å². The molecular formula is C20H27N5O. The molecule has 138 valence electrons. The van der Waals surface area contributed by atoms with Crippen molar-refractivity contribution >= 4 is 23.1 Å².